The topological polar surface area (TPSA) is 149 Å². The van der Waals surface area contributed by atoms with Gasteiger partial charge < -0.3 is 31.8 Å². The highest BCUT2D eigenvalue weighted by Crippen LogP contribution is 2.19. The molecule has 8 N–H and O–H groups in total. The number of nitrogens with two attached hydrogens (primary N) is 1. The molecule has 1 amide bonds. The molecular formula is C19H29N6O3+. The Morgan fingerprint density at radius 1 is 1.36 bits per heavy atom. The van der Waals surface area contributed by atoms with Gasteiger partial charge in [0, 0.05) is 43.5 Å². The van der Waals surface area contributed by atoms with Gasteiger partial charge in [0.15, 0.2) is 12.0 Å². The fourth-order valence-electron chi connectivity index (χ4n) is 2.92. The molecule has 1 aromatic heterocycles. The summed E-state index contributed by atoms with van der Waals surface area (Å²) in [5, 5.41) is 6.72. The third-order valence-electron chi connectivity index (χ3n) is 4.55. The first-order valence-corrected chi connectivity index (χ1v) is 9.18. The number of benzene rings is 1. The van der Waals surface area contributed by atoms with Crippen molar-refractivity contribution in [3.63, 3.8) is 0 Å². The van der Waals surface area contributed by atoms with Crippen LogP contribution < -0.4 is 22.1 Å². The number of ether oxygens (including phenoxy) is 1. The Kier molecular flexibility index (Phi) is 7.82. The van der Waals surface area contributed by atoms with Crippen LogP contribution in [0.1, 0.15) is 18.4 Å². The molecule has 1 aromatic carbocycles. The van der Waals surface area contributed by atoms with E-state index in [0.29, 0.717) is 31.8 Å². The number of methoxy groups -OCH3 is 1. The van der Waals surface area contributed by atoms with E-state index in [-0.39, 0.29) is 5.91 Å². The minimum absolute atomic E-state index is 0.285. The summed E-state index contributed by atoms with van der Waals surface area (Å²) >= 11 is 0. The Bertz CT molecular complexity index is 832. The Morgan fingerprint density at radius 2 is 2.11 bits per heavy atom. The highest BCUT2D eigenvalue weighted by atomic mass is 16.5. The maximum Gasteiger partial charge on any atom is 0.328 e. The normalized spacial score (nSPS) is 13.8. The van der Waals surface area contributed by atoms with Crippen molar-refractivity contribution in [1.82, 2.24) is 15.6 Å². The van der Waals surface area contributed by atoms with Gasteiger partial charge in [0.25, 0.3) is 5.91 Å². The largest absolute Gasteiger partial charge is 0.467 e. The summed E-state index contributed by atoms with van der Waals surface area (Å²) in [6.07, 6.45) is 3.43. The van der Waals surface area contributed by atoms with Crippen molar-refractivity contribution < 1.29 is 20.1 Å². The fourth-order valence-corrected chi connectivity index (χ4v) is 2.92. The fraction of sp³-hybridized carbons (Fsp3) is 0.421. The van der Waals surface area contributed by atoms with Crippen LogP contribution in [0.25, 0.3) is 10.9 Å². The van der Waals surface area contributed by atoms with Gasteiger partial charge in [-0.25, -0.2) is 4.79 Å². The van der Waals surface area contributed by atoms with Crippen LogP contribution >= 0.6 is 0 Å². The zero-order valence-corrected chi connectivity index (χ0v) is 16.3. The molecule has 0 unspecified atom stereocenters. The molecule has 0 fully saturated rings. The molecule has 0 bridgehead atoms. The Balaban J connectivity index is 1.95. The number of para-hydroxylation sites is 1. The molecule has 0 radical (unpaired) electrons. The summed E-state index contributed by atoms with van der Waals surface area (Å²) in [6.45, 7) is 0.595. The number of guanidine groups is 1. The Labute approximate surface area is 163 Å². The van der Waals surface area contributed by atoms with Crippen LogP contribution in [0.15, 0.2) is 35.5 Å². The van der Waals surface area contributed by atoms with E-state index in [1.807, 2.05) is 30.5 Å². The standard InChI is InChI=1S/C19H28N6O3/c1-22-19(21)23-9-5-7-14(20)17(26)25-16(18(27)28-2)10-12-11-24-15-8-4-3-6-13(12)15/h3-4,6,8,11,14,16,24H,5,7,9-10,20H2,1-2H3,(H,25,26)(H3,21,22,23)/p+1/t14-,16-/m0/s1. The van der Waals surface area contributed by atoms with E-state index >= 15 is 0 Å². The summed E-state index contributed by atoms with van der Waals surface area (Å²) in [6, 6.07) is 6.53. The van der Waals surface area contributed by atoms with Gasteiger partial charge in [-0.05, 0) is 18.1 Å². The summed E-state index contributed by atoms with van der Waals surface area (Å²) in [5.74, 6) is -0.415. The molecule has 0 aliphatic heterocycles. The third-order valence-corrected chi connectivity index (χ3v) is 4.55. The molecule has 2 rings (SSSR count). The summed E-state index contributed by atoms with van der Waals surface area (Å²) in [5.41, 5.74) is 11.4. The average molecular weight is 389 g/mol. The summed E-state index contributed by atoms with van der Waals surface area (Å²) in [4.78, 5) is 31.7. The van der Waals surface area contributed by atoms with Crippen molar-refractivity contribution in [3.8, 4) is 0 Å². The van der Waals surface area contributed by atoms with Crippen LogP contribution in [-0.4, -0.2) is 55.6 Å². The van der Waals surface area contributed by atoms with E-state index in [1.165, 1.54) is 7.11 Å². The van der Waals surface area contributed by atoms with E-state index in [4.69, 9.17) is 10.5 Å². The smallest absolute Gasteiger partial charge is 0.328 e. The summed E-state index contributed by atoms with van der Waals surface area (Å²) < 4.78 is 4.87. The molecule has 0 spiro atoms. The van der Waals surface area contributed by atoms with Crippen LogP contribution in [0, 0.1) is 0 Å². The van der Waals surface area contributed by atoms with Gasteiger partial charge in [-0.15, -0.1) is 0 Å². The average Bonchev–Trinajstić information content (AvgIpc) is 3.12. The summed E-state index contributed by atoms with van der Waals surface area (Å²) in [7, 11) is 2.91. The second-order valence-corrected chi connectivity index (χ2v) is 6.52. The number of aromatic amines is 1. The maximum atomic E-state index is 12.5. The number of hydrogen-bond donors (Lipinski definition) is 5. The molecule has 9 heteroatoms. The molecule has 0 aliphatic rings. The van der Waals surface area contributed by atoms with Crippen LogP contribution in [-0.2, 0) is 20.7 Å². The number of carbonyl (C=O) groups is 2. The van der Waals surface area contributed by atoms with E-state index in [1.54, 1.807) is 7.05 Å². The number of fused-ring (bicyclic) bond motifs is 1. The second-order valence-electron chi connectivity index (χ2n) is 6.52. The molecular weight excluding hydrogens is 360 g/mol. The molecule has 28 heavy (non-hydrogen) atoms. The maximum absolute atomic E-state index is 12.5. The Morgan fingerprint density at radius 3 is 2.82 bits per heavy atom. The number of amides is 1. The molecule has 152 valence electrons. The van der Waals surface area contributed by atoms with Gasteiger partial charge in [0.2, 0.25) is 0 Å². The quantitative estimate of drug-likeness (QED) is 0.166. The number of rotatable bonds is 9. The number of hydrogen-bond acceptors (Lipinski definition) is 4. The lowest BCUT2D eigenvalue weighted by atomic mass is 10.0. The SMILES string of the molecule is CN=C(N)NCCC[C@H]([NH3+])C(=O)N[C@@H](Cc1c[nH]c2ccccc12)C(=O)OC. The van der Waals surface area contributed by atoms with E-state index in [9.17, 15) is 9.59 Å². The number of nitrogens with zero attached hydrogens (tertiary/aromatic N) is 1. The zero-order chi connectivity index (χ0) is 20.5. The molecule has 2 aromatic rings. The van der Waals surface area contributed by atoms with E-state index in [0.717, 1.165) is 16.5 Å². The number of aromatic nitrogens is 1. The van der Waals surface area contributed by atoms with Gasteiger partial charge in [-0.3, -0.25) is 9.79 Å². The molecule has 9 nitrogen and oxygen atoms in total. The number of quaternary nitrogens is 1. The lowest BCUT2D eigenvalue weighted by Crippen LogP contribution is -2.68. The van der Waals surface area contributed by atoms with Gasteiger partial charge in [-0.1, -0.05) is 18.2 Å². The van der Waals surface area contributed by atoms with Crippen LogP contribution in [0.3, 0.4) is 0 Å². The van der Waals surface area contributed by atoms with Crippen molar-refractivity contribution in [2.45, 2.75) is 31.3 Å². The van der Waals surface area contributed by atoms with Crippen molar-refractivity contribution in [3.05, 3.63) is 36.0 Å². The lowest BCUT2D eigenvalue weighted by molar-refractivity contribution is -0.405. The predicted molar refractivity (Wildman–Crippen MR) is 107 cm³/mol. The predicted octanol–water partition coefficient (Wildman–Crippen LogP) is -0.707. The number of H-pyrrole nitrogens is 1. The molecule has 0 saturated carbocycles. The van der Waals surface area contributed by atoms with Gasteiger partial charge in [-0.2, -0.15) is 0 Å². The van der Waals surface area contributed by atoms with Crippen molar-refractivity contribution in [2.75, 3.05) is 20.7 Å². The first-order chi connectivity index (χ1) is 13.5. The van der Waals surface area contributed by atoms with Crippen molar-refractivity contribution in [1.29, 1.82) is 0 Å². The van der Waals surface area contributed by atoms with Crippen LogP contribution in [0.2, 0.25) is 0 Å². The number of nitrogens with one attached hydrogen (secondary N) is 3. The molecule has 2 atom stereocenters. The number of esters is 1. The van der Waals surface area contributed by atoms with Crippen LogP contribution in [0.4, 0.5) is 0 Å². The zero-order valence-electron chi connectivity index (χ0n) is 16.3. The van der Waals surface area contributed by atoms with Gasteiger partial charge in [0.1, 0.15) is 6.04 Å². The minimum atomic E-state index is -0.776. The van der Waals surface area contributed by atoms with Gasteiger partial charge >= 0.3 is 5.97 Å². The van der Waals surface area contributed by atoms with Crippen molar-refractivity contribution >= 4 is 28.7 Å². The monoisotopic (exact) mass is 389 g/mol. The van der Waals surface area contributed by atoms with E-state index in [2.05, 4.69) is 26.3 Å². The highest BCUT2D eigenvalue weighted by molar-refractivity contribution is 5.88. The first-order valence-electron chi connectivity index (χ1n) is 9.18. The molecule has 0 aliphatic carbocycles. The first kappa shape index (κ1) is 21.2. The second kappa shape index (κ2) is 10.3. The lowest BCUT2D eigenvalue weighted by Gasteiger charge is -2.18. The molecule has 1 heterocycles. The number of aliphatic imine (C=N–C) groups is 1. The number of carbonyl (C=O) groups excluding carboxylic acids is 2. The van der Waals surface area contributed by atoms with E-state index < -0.39 is 18.1 Å². The van der Waals surface area contributed by atoms with Crippen LogP contribution in [0.5, 0.6) is 0 Å². The van der Waals surface area contributed by atoms with Gasteiger partial charge in [0.05, 0.1) is 7.11 Å². The third kappa shape index (κ3) is 5.71. The molecule has 0 saturated heterocycles. The highest BCUT2D eigenvalue weighted by Gasteiger charge is 2.27. The van der Waals surface area contributed by atoms with Crippen molar-refractivity contribution in [2.24, 2.45) is 10.7 Å². The minimum Gasteiger partial charge on any atom is -0.467 e. The Hall–Kier alpha value is -3.07.